The minimum atomic E-state index is -0.487. The Kier molecular flexibility index (Phi) is 6.79. The molecule has 1 rings (SSSR count). The molecule has 1 aromatic rings. The summed E-state index contributed by atoms with van der Waals surface area (Å²) in [6.07, 6.45) is -0.190. The first-order valence-electron chi connectivity index (χ1n) is 6.19. The second kappa shape index (κ2) is 8.37. The van der Waals surface area contributed by atoms with E-state index in [9.17, 15) is 14.4 Å². The second-order valence-corrected chi connectivity index (χ2v) is 5.06. The van der Waals surface area contributed by atoms with Crippen LogP contribution in [-0.4, -0.2) is 30.0 Å². The number of ketones is 1. The zero-order valence-corrected chi connectivity index (χ0v) is 12.3. The Hall–Kier alpha value is -1.82. The highest BCUT2D eigenvalue weighted by molar-refractivity contribution is 8.00. The number of hydrogen-bond donors (Lipinski definition) is 1. The summed E-state index contributed by atoms with van der Waals surface area (Å²) in [6, 6.07) is 7.15. The van der Waals surface area contributed by atoms with Crippen molar-refractivity contribution in [3.63, 3.8) is 0 Å². The maximum Gasteiger partial charge on any atom is 0.313 e. The molecule has 0 radical (unpaired) electrons. The van der Waals surface area contributed by atoms with Crippen LogP contribution in [0.2, 0.25) is 0 Å². The first-order valence-corrected chi connectivity index (χ1v) is 7.17. The summed E-state index contributed by atoms with van der Waals surface area (Å²) in [7, 11) is 0. The molecule has 0 atom stereocenters. The van der Waals surface area contributed by atoms with Crippen molar-refractivity contribution >= 4 is 35.1 Å². The third-order valence-corrected chi connectivity index (χ3v) is 3.29. The van der Waals surface area contributed by atoms with Crippen LogP contribution in [0.4, 0.5) is 5.69 Å². The standard InChI is InChI=1S/C14H17NO4S/c1-3-19-14(18)8-12(17)9-20-13-6-4-11(5-7-13)15-10(2)16/h4-7H,3,8-9H2,1-2H3,(H,15,16). The van der Waals surface area contributed by atoms with Crippen molar-refractivity contribution < 1.29 is 19.1 Å². The van der Waals surface area contributed by atoms with Crippen molar-refractivity contribution in [1.82, 2.24) is 0 Å². The SMILES string of the molecule is CCOC(=O)CC(=O)CSc1ccc(NC(C)=O)cc1. The number of carbonyl (C=O) groups is 3. The number of nitrogens with one attached hydrogen (secondary N) is 1. The number of amides is 1. The summed E-state index contributed by atoms with van der Waals surface area (Å²) in [5.74, 6) is -0.563. The van der Waals surface area contributed by atoms with Gasteiger partial charge in [-0.05, 0) is 31.2 Å². The lowest BCUT2D eigenvalue weighted by atomic mass is 10.3. The molecule has 0 aliphatic heterocycles. The summed E-state index contributed by atoms with van der Waals surface area (Å²) in [5.41, 5.74) is 0.708. The Morgan fingerprint density at radius 2 is 1.85 bits per heavy atom. The average molecular weight is 295 g/mol. The zero-order chi connectivity index (χ0) is 15.0. The van der Waals surface area contributed by atoms with E-state index in [4.69, 9.17) is 4.74 Å². The van der Waals surface area contributed by atoms with Crippen LogP contribution < -0.4 is 5.32 Å². The maximum atomic E-state index is 11.5. The van der Waals surface area contributed by atoms with Gasteiger partial charge in [0.15, 0.2) is 5.78 Å². The molecule has 0 saturated heterocycles. The molecule has 0 spiro atoms. The van der Waals surface area contributed by atoms with Crippen LogP contribution >= 0.6 is 11.8 Å². The molecule has 0 fully saturated rings. The summed E-state index contributed by atoms with van der Waals surface area (Å²) >= 11 is 1.35. The van der Waals surface area contributed by atoms with Gasteiger partial charge in [0.05, 0.1) is 12.4 Å². The smallest absolute Gasteiger partial charge is 0.313 e. The summed E-state index contributed by atoms with van der Waals surface area (Å²) in [6.45, 7) is 3.42. The van der Waals surface area contributed by atoms with E-state index in [-0.39, 0.29) is 30.5 Å². The molecule has 0 aromatic heterocycles. The molecule has 5 nitrogen and oxygen atoms in total. The van der Waals surface area contributed by atoms with Gasteiger partial charge in [-0.3, -0.25) is 14.4 Å². The molecule has 0 aliphatic carbocycles. The average Bonchev–Trinajstić information content (AvgIpc) is 2.37. The molecule has 1 amide bonds. The van der Waals surface area contributed by atoms with Gasteiger partial charge in [-0.15, -0.1) is 11.8 Å². The zero-order valence-electron chi connectivity index (χ0n) is 11.5. The molecule has 0 bridgehead atoms. The van der Waals surface area contributed by atoms with E-state index in [0.29, 0.717) is 5.69 Å². The number of hydrogen-bond acceptors (Lipinski definition) is 5. The molecule has 108 valence electrons. The predicted octanol–water partition coefficient (Wildman–Crippen LogP) is 2.26. The highest BCUT2D eigenvalue weighted by Crippen LogP contribution is 2.20. The quantitative estimate of drug-likeness (QED) is 0.474. The number of ether oxygens (including phenoxy) is 1. The van der Waals surface area contributed by atoms with Crippen LogP contribution in [0.5, 0.6) is 0 Å². The maximum absolute atomic E-state index is 11.5. The summed E-state index contributed by atoms with van der Waals surface area (Å²) in [5, 5.41) is 2.66. The molecular weight excluding hydrogens is 278 g/mol. The first-order chi connectivity index (χ1) is 9.51. The van der Waals surface area contributed by atoms with Gasteiger partial charge in [0.1, 0.15) is 6.42 Å². The number of carbonyl (C=O) groups excluding carboxylic acids is 3. The third kappa shape index (κ3) is 6.38. The van der Waals surface area contributed by atoms with E-state index in [1.54, 1.807) is 19.1 Å². The van der Waals surface area contributed by atoms with Crippen LogP contribution in [0.25, 0.3) is 0 Å². The molecule has 1 aromatic carbocycles. The fourth-order valence-corrected chi connectivity index (χ4v) is 2.18. The Morgan fingerprint density at radius 3 is 2.40 bits per heavy atom. The van der Waals surface area contributed by atoms with E-state index in [2.05, 4.69) is 5.32 Å². The van der Waals surface area contributed by atoms with Crippen LogP contribution in [0, 0.1) is 0 Å². The Labute approximate surface area is 122 Å². The summed E-state index contributed by atoms with van der Waals surface area (Å²) in [4.78, 5) is 34.4. The van der Waals surface area contributed by atoms with Gasteiger partial charge in [0.2, 0.25) is 5.91 Å². The molecule has 0 unspecified atom stereocenters. The number of benzene rings is 1. The van der Waals surface area contributed by atoms with Crippen LogP contribution in [0.1, 0.15) is 20.3 Å². The Morgan fingerprint density at radius 1 is 1.20 bits per heavy atom. The lowest BCUT2D eigenvalue weighted by Gasteiger charge is -2.04. The van der Waals surface area contributed by atoms with Crippen molar-refractivity contribution in [1.29, 1.82) is 0 Å². The third-order valence-electron chi connectivity index (χ3n) is 2.22. The van der Waals surface area contributed by atoms with Crippen LogP contribution in [0.3, 0.4) is 0 Å². The van der Waals surface area contributed by atoms with Gasteiger partial charge in [0, 0.05) is 17.5 Å². The van der Waals surface area contributed by atoms with Gasteiger partial charge in [-0.1, -0.05) is 0 Å². The minimum absolute atomic E-state index is 0.130. The van der Waals surface area contributed by atoms with Crippen LogP contribution in [-0.2, 0) is 19.1 Å². The minimum Gasteiger partial charge on any atom is -0.466 e. The number of Topliss-reactive ketones (excluding diaryl/α,β-unsaturated/α-hetero) is 1. The largest absolute Gasteiger partial charge is 0.466 e. The molecule has 0 heterocycles. The van der Waals surface area contributed by atoms with Crippen molar-refractivity contribution in [2.24, 2.45) is 0 Å². The van der Waals surface area contributed by atoms with E-state index in [1.807, 2.05) is 12.1 Å². The monoisotopic (exact) mass is 295 g/mol. The lowest BCUT2D eigenvalue weighted by molar-refractivity contribution is -0.145. The molecule has 1 N–H and O–H groups in total. The van der Waals surface area contributed by atoms with Gasteiger partial charge in [-0.25, -0.2) is 0 Å². The fourth-order valence-electron chi connectivity index (χ4n) is 1.43. The molecule has 6 heteroatoms. The highest BCUT2D eigenvalue weighted by atomic mass is 32.2. The number of rotatable bonds is 7. The number of thioether (sulfide) groups is 1. The molecule has 20 heavy (non-hydrogen) atoms. The molecule has 0 saturated carbocycles. The molecule has 0 aliphatic rings. The van der Waals surface area contributed by atoms with Gasteiger partial charge in [0.25, 0.3) is 0 Å². The Bertz CT molecular complexity index is 484. The molecular formula is C14H17NO4S. The first kappa shape index (κ1) is 16.2. The summed E-state index contributed by atoms with van der Waals surface area (Å²) < 4.78 is 4.71. The topological polar surface area (TPSA) is 72.5 Å². The van der Waals surface area contributed by atoms with Crippen LogP contribution in [0.15, 0.2) is 29.2 Å². The highest BCUT2D eigenvalue weighted by Gasteiger charge is 2.10. The van der Waals surface area contributed by atoms with E-state index < -0.39 is 5.97 Å². The second-order valence-electron chi connectivity index (χ2n) is 4.01. The van der Waals surface area contributed by atoms with E-state index >= 15 is 0 Å². The lowest BCUT2D eigenvalue weighted by Crippen LogP contribution is -2.12. The van der Waals surface area contributed by atoms with Gasteiger partial charge in [-0.2, -0.15) is 0 Å². The Balaban J connectivity index is 2.39. The van der Waals surface area contributed by atoms with Crippen molar-refractivity contribution in [2.45, 2.75) is 25.2 Å². The van der Waals surface area contributed by atoms with Crippen molar-refractivity contribution in [3.05, 3.63) is 24.3 Å². The van der Waals surface area contributed by atoms with Gasteiger partial charge < -0.3 is 10.1 Å². The number of esters is 1. The number of anilines is 1. The predicted molar refractivity (Wildman–Crippen MR) is 77.7 cm³/mol. The normalized spacial score (nSPS) is 9.90. The van der Waals surface area contributed by atoms with Crippen molar-refractivity contribution in [2.75, 3.05) is 17.7 Å². The van der Waals surface area contributed by atoms with E-state index in [0.717, 1.165) is 4.90 Å². The fraction of sp³-hybridized carbons (Fsp3) is 0.357. The van der Waals surface area contributed by atoms with E-state index in [1.165, 1.54) is 18.7 Å². The van der Waals surface area contributed by atoms with Gasteiger partial charge >= 0.3 is 5.97 Å². The van der Waals surface area contributed by atoms with Crippen molar-refractivity contribution in [3.8, 4) is 0 Å².